The fourth-order valence-corrected chi connectivity index (χ4v) is 3.88. The van der Waals surface area contributed by atoms with Gasteiger partial charge in [0.1, 0.15) is 0 Å². The lowest BCUT2D eigenvalue weighted by atomic mass is 10.0. The zero-order valence-corrected chi connectivity index (χ0v) is 17.2. The molecule has 0 aliphatic carbocycles. The van der Waals surface area contributed by atoms with Crippen molar-refractivity contribution >= 4 is 38.4 Å². The number of carbonyl (C=O) groups is 2. The molecule has 1 N–H and O–H groups in total. The number of ether oxygens (including phenoxy) is 2. The van der Waals surface area contributed by atoms with Gasteiger partial charge in [-0.15, -0.1) is 0 Å². The number of thiazole rings is 1. The van der Waals surface area contributed by atoms with Gasteiger partial charge in [-0.3, -0.25) is 14.9 Å². The Morgan fingerprint density at radius 2 is 1.43 bits per heavy atom. The third-order valence-corrected chi connectivity index (χ3v) is 5.49. The smallest absolute Gasteiger partial charge is 0.257 e. The van der Waals surface area contributed by atoms with E-state index in [2.05, 4.69) is 10.3 Å². The molecule has 0 saturated heterocycles. The van der Waals surface area contributed by atoms with Crippen molar-refractivity contribution in [1.29, 1.82) is 0 Å². The molecule has 0 bridgehead atoms. The van der Waals surface area contributed by atoms with E-state index in [9.17, 15) is 9.59 Å². The second kappa shape index (κ2) is 8.34. The average molecular weight is 418 g/mol. The normalized spacial score (nSPS) is 10.6. The molecule has 0 radical (unpaired) electrons. The highest BCUT2D eigenvalue weighted by molar-refractivity contribution is 7.22. The Morgan fingerprint density at radius 1 is 0.833 bits per heavy atom. The topological polar surface area (TPSA) is 77.5 Å². The Kier molecular flexibility index (Phi) is 5.45. The van der Waals surface area contributed by atoms with Crippen LogP contribution in [0.5, 0.6) is 11.5 Å². The van der Waals surface area contributed by atoms with Gasteiger partial charge in [-0.05, 0) is 12.1 Å². The summed E-state index contributed by atoms with van der Waals surface area (Å²) >= 11 is 1.34. The molecule has 30 heavy (non-hydrogen) atoms. The molecule has 1 amide bonds. The first-order chi connectivity index (χ1) is 14.6. The van der Waals surface area contributed by atoms with Crippen LogP contribution >= 0.6 is 11.3 Å². The zero-order valence-electron chi connectivity index (χ0n) is 16.3. The molecule has 1 aromatic heterocycles. The Morgan fingerprint density at radius 3 is 2.10 bits per heavy atom. The van der Waals surface area contributed by atoms with E-state index in [-0.39, 0.29) is 11.7 Å². The summed E-state index contributed by atoms with van der Waals surface area (Å²) < 4.78 is 11.5. The van der Waals surface area contributed by atoms with Crippen LogP contribution in [0.15, 0.2) is 66.7 Å². The molecule has 0 aliphatic heterocycles. The molecule has 1 heterocycles. The summed E-state index contributed by atoms with van der Waals surface area (Å²) in [6.45, 7) is 0. The number of rotatable bonds is 6. The van der Waals surface area contributed by atoms with Crippen LogP contribution in [0.25, 0.3) is 10.2 Å². The number of ketones is 1. The van der Waals surface area contributed by atoms with E-state index in [1.165, 1.54) is 11.3 Å². The Balaban J connectivity index is 1.52. The third-order valence-electron chi connectivity index (χ3n) is 4.56. The monoisotopic (exact) mass is 418 g/mol. The molecule has 0 unspecified atom stereocenters. The van der Waals surface area contributed by atoms with Gasteiger partial charge in [0.2, 0.25) is 0 Å². The van der Waals surface area contributed by atoms with E-state index < -0.39 is 0 Å². The van der Waals surface area contributed by atoms with Gasteiger partial charge in [0.25, 0.3) is 5.91 Å². The summed E-state index contributed by atoms with van der Waals surface area (Å²) in [5, 5.41) is 3.27. The summed E-state index contributed by atoms with van der Waals surface area (Å²) in [5.74, 6) is 0.792. The Labute approximate surface area is 177 Å². The van der Waals surface area contributed by atoms with Gasteiger partial charge in [0, 0.05) is 28.8 Å². The van der Waals surface area contributed by atoms with Crippen molar-refractivity contribution in [2.45, 2.75) is 0 Å². The van der Waals surface area contributed by atoms with Gasteiger partial charge < -0.3 is 9.47 Å². The van der Waals surface area contributed by atoms with Crippen molar-refractivity contribution in [3.63, 3.8) is 0 Å². The number of nitrogens with zero attached hydrogens (tertiary/aromatic N) is 1. The number of carbonyl (C=O) groups excluding carboxylic acids is 2. The van der Waals surface area contributed by atoms with Gasteiger partial charge in [-0.25, -0.2) is 4.98 Å². The molecule has 150 valence electrons. The van der Waals surface area contributed by atoms with E-state index in [1.54, 1.807) is 56.7 Å². The van der Waals surface area contributed by atoms with E-state index >= 15 is 0 Å². The fraction of sp³-hybridized carbons (Fsp3) is 0.0870. The van der Waals surface area contributed by atoms with Crippen LogP contribution in [0.2, 0.25) is 0 Å². The van der Waals surface area contributed by atoms with Gasteiger partial charge in [0.15, 0.2) is 22.4 Å². The highest BCUT2D eigenvalue weighted by Crippen LogP contribution is 2.36. The molecule has 6 nitrogen and oxygen atoms in total. The van der Waals surface area contributed by atoms with Crippen LogP contribution in [0.4, 0.5) is 5.13 Å². The molecule has 0 fully saturated rings. The maximum absolute atomic E-state index is 12.6. The van der Waals surface area contributed by atoms with Crippen LogP contribution in [0, 0.1) is 0 Å². The zero-order chi connectivity index (χ0) is 21.1. The quantitative estimate of drug-likeness (QED) is 0.455. The van der Waals surface area contributed by atoms with Crippen molar-refractivity contribution in [2.75, 3.05) is 19.5 Å². The van der Waals surface area contributed by atoms with Gasteiger partial charge in [-0.1, -0.05) is 53.8 Å². The third kappa shape index (κ3) is 3.88. The maximum atomic E-state index is 12.6. The van der Waals surface area contributed by atoms with E-state index in [4.69, 9.17) is 9.47 Å². The van der Waals surface area contributed by atoms with Crippen LogP contribution in [-0.4, -0.2) is 30.9 Å². The Hall–Kier alpha value is -3.71. The van der Waals surface area contributed by atoms with Gasteiger partial charge in [0.05, 0.1) is 24.4 Å². The van der Waals surface area contributed by atoms with Crippen LogP contribution in [-0.2, 0) is 0 Å². The number of aromatic nitrogens is 1. The number of benzene rings is 3. The molecule has 0 saturated carbocycles. The molecule has 3 aromatic carbocycles. The number of anilines is 1. The maximum Gasteiger partial charge on any atom is 0.257 e. The van der Waals surface area contributed by atoms with Crippen molar-refractivity contribution in [1.82, 2.24) is 4.98 Å². The average Bonchev–Trinajstić information content (AvgIpc) is 3.19. The number of amides is 1. The molecule has 0 spiro atoms. The van der Waals surface area contributed by atoms with Crippen molar-refractivity contribution < 1.29 is 19.1 Å². The summed E-state index contributed by atoms with van der Waals surface area (Å²) in [6.07, 6.45) is 0. The molecular weight excluding hydrogens is 400 g/mol. The second-order valence-electron chi connectivity index (χ2n) is 6.42. The summed E-state index contributed by atoms with van der Waals surface area (Å²) in [4.78, 5) is 29.5. The number of nitrogens with one attached hydrogen (secondary N) is 1. The summed E-state index contributed by atoms with van der Waals surface area (Å²) in [6, 6.07) is 19.2. The standard InChI is InChI=1S/C23H18N2O4S/c1-28-18-12-17-20(13-19(18)29-2)30-23(24-17)25-22(27)16-10-8-15(9-11-16)21(26)14-6-4-3-5-7-14/h3-13H,1-2H3,(H,24,25,27). The molecule has 4 aromatic rings. The van der Waals surface area contributed by atoms with Crippen LogP contribution in [0.3, 0.4) is 0 Å². The first-order valence-electron chi connectivity index (χ1n) is 9.13. The number of hydrogen-bond acceptors (Lipinski definition) is 6. The van der Waals surface area contributed by atoms with Crippen LogP contribution in [0.1, 0.15) is 26.3 Å². The van der Waals surface area contributed by atoms with E-state index in [1.807, 2.05) is 24.3 Å². The minimum Gasteiger partial charge on any atom is -0.493 e. The molecule has 0 atom stereocenters. The molecular formula is C23H18N2O4S. The predicted molar refractivity (Wildman–Crippen MR) is 117 cm³/mol. The van der Waals surface area contributed by atoms with Gasteiger partial charge in [-0.2, -0.15) is 0 Å². The van der Waals surface area contributed by atoms with E-state index in [0.717, 1.165) is 4.70 Å². The number of fused-ring (bicyclic) bond motifs is 1. The molecule has 4 rings (SSSR count). The largest absolute Gasteiger partial charge is 0.493 e. The Bertz CT molecular complexity index is 1180. The molecule has 7 heteroatoms. The van der Waals surface area contributed by atoms with Crippen LogP contribution < -0.4 is 14.8 Å². The highest BCUT2D eigenvalue weighted by Gasteiger charge is 2.14. The van der Waals surface area contributed by atoms with Crippen molar-refractivity contribution in [2.24, 2.45) is 0 Å². The number of methoxy groups -OCH3 is 2. The summed E-state index contributed by atoms with van der Waals surface area (Å²) in [5.41, 5.74) is 2.28. The second-order valence-corrected chi connectivity index (χ2v) is 7.45. The SMILES string of the molecule is COc1cc2nc(NC(=O)c3ccc(C(=O)c4ccccc4)cc3)sc2cc1OC. The minimum absolute atomic E-state index is 0.0865. The lowest BCUT2D eigenvalue weighted by Crippen LogP contribution is -2.12. The summed E-state index contributed by atoms with van der Waals surface area (Å²) in [7, 11) is 3.13. The first-order valence-corrected chi connectivity index (χ1v) is 9.94. The minimum atomic E-state index is -0.299. The fourth-order valence-electron chi connectivity index (χ4n) is 3.01. The molecule has 0 aliphatic rings. The lowest BCUT2D eigenvalue weighted by Gasteiger charge is -2.05. The predicted octanol–water partition coefficient (Wildman–Crippen LogP) is 4.80. The van der Waals surface area contributed by atoms with Crippen molar-refractivity contribution in [3.05, 3.63) is 83.4 Å². The highest BCUT2D eigenvalue weighted by atomic mass is 32.1. The van der Waals surface area contributed by atoms with Crippen molar-refractivity contribution in [3.8, 4) is 11.5 Å². The first kappa shape index (κ1) is 19.6. The van der Waals surface area contributed by atoms with E-state index in [0.29, 0.717) is 38.8 Å². The van der Waals surface area contributed by atoms with Gasteiger partial charge >= 0.3 is 0 Å². The number of hydrogen-bond donors (Lipinski definition) is 1. The lowest BCUT2D eigenvalue weighted by molar-refractivity contribution is 0.102.